The number of rotatable bonds is 5. The normalized spacial score (nSPS) is 12.7. The molecule has 0 aliphatic carbocycles. The van der Waals surface area contributed by atoms with E-state index in [0.29, 0.717) is 23.1 Å². The first-order valence-electron chi connectivity index (χ1n) is 4.65. The third-order valence-electron chi connectivity index (χ3n) is 1.70. The summed E-state index contributed by atoms with van der Waals surface area (Å²) in [6.07, 6.45) is -0.439. The van der Waals surface area contributed by atoms with Crippen LogP contribution >= 0.6 is 11.8 Å². The lowest BCUT2D eigenvalue weighted by atomic mass is 10.4. The van der Waals surface area contributed by atoms with Crippen LogP contribution in [0, 0.1) is 6.92 Å². The number of H-pyrrole nitrogens is 1. The van der Waals surface area contributed by atoms with Gasteiger partial charge in [-0.2, -0.15) is 0 Å². The number of hydrogen-bond acceptors (Lipinski definition) is 5. The molecule has 5 nitrogen and oxygen atoms in total. The van der Waals surface area contributed by atoms with E-state index in [0.717, 1.165) is 0 Å². The number of nitrogens with one attached hydrogen (secondary N) is 2. The summed E-state index contributed by atoms with van der Waals surface area (Å²) in [5.74, 6) is 0.507. The molecule has 0 amide bonds. The topological polar surface area (TPSA) is 78.0 Å². The number of thioether (sulfide) groups is 1. The van der Waals surface area contributed by atoms with Crippen LogP contribution in [0.3, 0.4) is 0 Å². The summed E-state index contributed by atoms with van der Waals surface area (Å²) in [6.45, 7) is 2.30. The van der Waals surface area contributed by atoms with E-state index >= 15 is 0 Å². The molecular weight excluding hydrogens is 214 g/mol. The SMILES string of the molecule is CNCC(O)CSc1nc(C)cc(=O)[nH]1. The Morgan fingerprint density at radius 2 is 2.47 bits per heavy atom. The van der Waals surface area contributed by atoms with Crippen molar-refractivity contribution in [3.8, 4) is 0 Å². The molecule has 1 aromatic heterocycles. The van der Waals surface area contributed by atoms with Crippen LogP contribution in [0.1, 0.15) is 5.69 Å². The van der Waals surface area contributed by atoms with E-state index in [4.69, 9.17) is 0 Å². The van der Waals surface area contributed by atoms with E-state index < -0.39 is 6.10 Å². The van der Waals surface area contributed by atoms with Gasteiger partial charge >= 0.3 is 0 Å². The van der Waals surface area contributed by atoms with E-state index in [1.807, 2.05) is 0 Å². The van der Waals surface area contributed by atoms with Gasteiger partial charge in [0.2, 0.25) is 0 Å². The number of aryl methyl sites for hydroxylation is 1. The molecule has 0 saturated carbocycles. The molecule has 1 unspecified atom stereocenters. The Labute approximate surface area is 92.3 Å². The van der Waals surface area contributed by atoms with E-state index in [9.17, 15) is 9.90 Å². The maximum atomic E-state index is 11.1. The van der Waals surface area contributed by atoms with Gasteiger partial charge in [-0.05, 0) is 14.0 Å². The van der Waals surface area contributed by atoms with Gasteiger partial charge < -0.3 is 15.4 Å². The Morgan fingerprint density at radius 3 is 3.07 bits per heavy atom. The first-order valence-corrected chi connectivity index (χ1v) is 5.64. The Bertz CT molecular complexity index is 367. The van der Waals surface area contributed by atoms with Gasteiger partial charge in [0, 0.05) is 24.1 Å². The van der Waals surface area contributed by atoms with Crippen LogP contribution in [-0.2, 0) is 0 Å². The van der Waals surface area contributed by atoms with Gasteiger partial charge in [-0.3, -0.25) is 4.79 Å². The summed E-state index contributed by atoms with van der Waals surface area (Å²) in [5.41, 5.74) is 0.525. The van der Waals surface area contributed by atoms with Gasteiger partial charge in [0.15, 0.2) is 5.16 Å². The number of aromatic nitrogens is 2. The van der Waals surface area contributed by atoms with Crippen molar-refractivity contribution in [2.45, 2.75) is 18.2 Å². The van der Waals surface area contributed by atoms with Crippen molar-refractivity contribution < 1.29 is 5.11 Å². The van der Waals surface area contributed by atoms with E-state index in [2.05, 4.69) is 15.3 Å². The zero-order chi connectivity index (χ0) is 11.3. The van der Waals surface area contributed by atoms with Crippen molar-refractivity contribution in [1.29, 1.82) is 0 Å². The van der Waals surface area contributed by atoms with Gasteiger partial charge in [-0.25, -0.2) is 4.98 Å². The molecule has 3 N–H and O–H groups in total. The van der Waals surface area contributed by atoms with Gasteiger partial charge in [0.05, 0.1) is 6.10 Å². The molecule has 0 radical (unpaired) electrons. The number of aliphatic hydroxyl groups excluding tert-OH is 1. The predicted molar refractivity (Wildman–Crippen MR) is 60.3 cm³/mol. The largest absolute Gasteiger partial charge is 0.391 e. The second-order valence-electron chi connectivity index (χ2n) is 3.21. The lowest BCUT2D eigenvalue weighted by Crippen LogP contribution is -2.25. The number of likely N-dealkylation sites (N-methyl/N-ethyl adjacent to an activating group) is 1. The molecule has 1 aromatic rings. The summed E-state index contributed by atoms with van der Waals surface area (Å²) in [7, 11) is 1.78. The van der Waals surface area contributed by atoms with Crippen LogP contribution in [-0.4, -0.2) is 40.5 Å². The average Bonchev–Trinajstić information content (AvgIpc) is 2.14. The minimum Gasteiger partial charge on any atom is -0.391 e. The highest BCUT2D eigenvalue weighted by Crippen LogP contribution is 2.11. The second kappa shape index (κ2) is 5.89. The molecule has 15 heavy (non-hydrogen) atoms. The lowest BCUT2D eigenvalue weighted by Gasteiger charge is -2.08. The molecule has 0 spiro atoms. The summed E-state index contributed by atoms with van der Waals surface area (Å²) in [5, 5.41) is 12.9. The molecule has 0 aliphatic rings. The zero-order valence-electron chi connectivity index (χ0n) is 8.78. The van der Waals surface area contributed by atoms with Crippen LogP contribution < -0.4 is 10.9 Å². The number of hydrogen-bond donors (Lipinski definition) is 3. The fraction of sp³-hybridized carbons (Fsp3) is 0.556. The first-order chi connectivity index (χ1) is 7.11. The number of nitrogens with zero attached hydrogens (tertiary/aromatic N) is 1. The van der Waals surface area contributed by atoms with Crippen molar-refractivity contribution >= 4 is 11.8 Å². The van der Waals surface area contributed by atoms with Crippen molar-refractivity contribution in [1.82, 2.24) is 15.3 Å². The first kappa shape index (κ1) is 12.2. The summed E-state index contributed by atoms with van der Waals surface area (Å²) >= 11 is 1.34. The Balaban J connectivity index is 2.54. The van der Waals surface area contributed by atoms with Crippen LogP contribution in [0.2, 0.25) is 0 Å². The highest BCUT2D eigenvalue weighted by atomic mass is 32.2. The third kappa shape index (κ3) is 4.46. The zero-order valence-corrected chi connectivity index (χ0v) is 9.60. The highest BCUT2D eigenvalue weighted by molar-refractivity contribution is 7.99. The monoisotopic (exact) mass is 229 g/mol. The lowest BCUT2D eigenvalue weighted by molar-refractivity contribution is 0.199. The van der Waals surface area contributed by atoms with Crippen molar-refractivity contribution in [2.75, 3.05) is 19.3 Å². The molecule has 84 valence electrons. The van der Waals surface area contributed by atoms with E-state index in [-0.39, 0.29) is 5.56 Å². The molecular formula is C9H15N3O2S. The minimum atomic E-state index is -0.439. The van der Waals surface area contributed by atoms with Gasteiger partial charge in [0.25, 0.3) is 5.56 Å². The fourth-order valence-electron chi connectivity index (χ4n) is 1.09. The summed E-state index contributed by atoms with van der Waals surface area (Å²) < 4.78 is 0. The average molecular weight is 229 g/mol. The molecule has 0 bridgehead atoms. The van der Waals surface area contributed by atoms with Crippen LogP contribution in [0.5, 0.6) is 0 Å². The number of aliphatic hydroxyl groups is 1. The third-order valence-corrected chi connectivity index (χ3v) is 2.72. The van der Waals surface area contributed by atoms with Gasteiger partial charge in [-0.15, -0.1) is 0 Å². The van der Waals surface area contributed by atoms with Crippen molar-refractivity contribution in [3.63, 3.8) is 0 Å². The molecule has 0 saturated heterocycles. The molecule has 0 fully saturated rings. The smallest absolute Gasteiger partial charge is 0.251 e. The minimum absolute atomic E-state index is 0.159. The number of aromatic amines is 1. The Kier molecular flexibility index (Phi) is 4.80. The van der Waals surface area contributed by atoms with Crippen LogP contribution in [0.15, 0.2) is 16.0 Å². The standard InChI is InChI=1S/C9H15N3O2S/c1-6-3-8(14)12-9(11-6)15-5-7(13)4-10-2/h3,7,10,13H,4-5H2,1-2H3,(H,11,12,14). The van der Waals surface area contributed by atoms with Crippen molar-refractivity contribution in [3.05, 3.63) is 22.1 Å². The molecule has 6 heteroatoms. The van der Waals surface area contributed by atoms with Gasteiger partial charge in [-0.1, -0.05) is 11.8 Å². The molecule has 1 atom stereocenters. The van der Waals surface area contributed by atoms with Crippen LogP contribution in [0.4, 0.5) is 0 Å². The maximum absolute atomic E-state index is 11.1. The highest BCUT2D eigenvalue weighted by Gasteiger charge is 2.05. The molecule has 1 heterocycles. The Hall–Kier alpha value is -0.850. The molecule has 0 aliphatic heterocycles. The van der Waals surface area contributed by atoms with Crippen LogP contribution in [0.25, 0.3) is 0 Å². The Morgan fingerprint density at radius 1 is 1.73 bits per heavy atom. The second-order valence-corrected chi connectivity index (χ2v) is 4.22. The maximum Gasteiger partial charge on any atom is 0.251 e. The quantitative estimate of drug-likeness (QED) is 0.479. The van der Waals surface area contributed by atoms with Crippen molar-refractivity contribution in [2.24, 2.45) is 0 Å². The predicted octanol–water partition coefficient (Wildman–Crippen LogP) is -0.249. The molecule has 1 rings (SSSR count). The fourth-order valence-corrected chi connectivity index (χ4v) is 1.94. The van der Waals surface area contributed by atoms with Gasteiger partial charge in [0.1, 0.15) is 0 Å². The summed E-state index contributed by atoms with van der Waals surface area (Å²) in [6, 6.07) is 1.44. The molecule has 0 aromatic carbocycles. The van der Waals surface area contributed by atoms with E-state index in [1.165, 1.54) is 17.8 Å². The van der Waals surface area contributed by atoms with E-state index in [1.54, 1.807) is 14.0 Å². The summed E-state index contributed by atoms with van der Waals surface area (Å²) in [4.78, 5) is 17.9.